The minimum Gasteiger partial charge on any atom is -0.366 e. The molecule has 1 aliphatic carbocycles. The van der Waals surface area contributed by atoms with Crippen LogP contribution in [0.1, 0.15) is 66.2 Å². The summed E-state index contributed by atoms with van der Waals surface area (Å²) in [6, 6.07) is 2.38. The average Bonchev–Trinajstić information content (AvgIpc) is 2.60. The predicted molar refractivity (Wildman–Crippen MR) is 81.6 cm³/mol. The van der Waals surface area contributed by atoms with Crippen molar-refractivity contribution < 1.29 is 9.53 Å². The third-order valence-corrected chi connectivity index (χ3v) is 4.56. The molecule has 2 fully saturated rings. The molecule has 0 bridgehead atoms. The number of carbonyl (C=O) groups is 1. The lowest BCUT2D eigenvalue weighted by Crippen LogP contribution is -2.61. The summed E-state index contributed by atoms with van der Waals surface area (Å²) in [7, 11) is 0. The van der Waals surface area contributed by atoms with Gasteiger partial charge in [0.05, 0.1) is 17.3 Å². The van der Waals surface area contributed by atoms with Crippen LogP contribution in [-0.2, 0) is 9.53 Å². The fourth-order valence-electron chi connectivity index (χ4n) is 3.94. The molecule has 118 valence electrons. The minimum atomic E-state index is -0.806. The summed E-state index contributed by atoms with van der Waals surface area (Å²) in [5.74, 6) is 0.0244. The molecule has 0 radical (unpaired) electrons. The van der Waals surface area contributed by atoms with Crippen molar-refractivity contribution in [2.45, 2.75) is 77.4 Å². The number of hydrogen-bond acceptors (Lipinski definition) is 3. The molecule has 1 amide bonds. The summed E-state index contributed by atoms with van der Waals surface area (Å²) in [6.45, 7) is 9.19. The molecular weight excluding hydrogens is 264 g/mol. The largest absolute Gasteiger partial charge is 0.366 e. The molecule has 4 heteroatoms. The maximum atomic E-state index is 13.1. The first-order chi connectivity index (χ1) is 9.70. The van der Waals surface area contributed by atoms with Gasteiger partial charge in [0.25, 0.3) is 0 Å². The van der Waals surface area contributed by atoms with Crippen molar-refractivity contribution in [2.24, 2.45) is 5.41 Å². The van der Waals surface area contributed by atoms with Crippen LogP contribution in [0.3, 0.4) is 0 Å². The van der Waals surface area contributed by atoms with Gasteiger partial charge in [-0.1, -0.05) is 25.7 Å². The van der Waals surface area contributed by atoms with E-state index in [1.165, 1.54) is 0 Å². The zero-order chi connectivity index (χ0) is 15.7. The highest BCUT2D eigenvalue weighted by atomic mass is 16.5. The number of ether oxygens (including phenoxy) is 1. The van der Waals surface area contributed by atoms with E-state index in [0.717, 1.165) is 25.7 Å². The first kappa shape index (κ1) is 16.3. The van der Waals surface area contributed by atoms with Crippen molar-refractivity contribution in [2.75, 3.05) is 13.1 Å². The zero-order valence-corrected chi connectivity index (χ0v) is 13.9. The highest BCUT2D eigenvalue weighted by Gasteiger charge is 2.47. The fourth-order valence-corrected chi connectivity index (χ4v) is 3.94. The van der Waals surface area contributed by atoms with E-state index in [1.54, 1.807) is 0 Å². The molecule has 2 aliphatic rings. The highest BCUT2D eigenvalue weighted by Crippen LogP contribution is 2.38. The molecule has 21 heavy (non-hydrogen) atoms. The molecule has 0 aromatic rings. The smallest absolute Gasteiger partial charge is 0.243 e. The third kappa shape index (κ3) is 3.58. The van der Waals surface area contributed by atoms with Gasteiger partial charge in [0.15, 0.2) is 0 Å². The van der Waals surface area contributed by atoms with E-state index in [2.05, 4.69) is 6.07 Å². The van der Waals surface area contributed by atoms with Crippen LogP contribution in [0.15, 0.2) is 0 Å². The second kappa shape index (κ2) is 5.61. The molecule has 1 aliphatic heterocycles. The van der Waals surface area contributed by atoms with Gasteiger partial charge in [0.1, 0.15) is 5.41 Å². The summed E-state index contributed by atoms with van der Waals surface area (Å²) < 4.78 is 6.04. The van der Waals surface area contributed by atoms with Gasteiger partial charge in [0, 0.05) is 13.1 Å². The monoisotopic (exact) mass is 292 g/mol. The van der Waals surface area contributed by atoms with Gasteiger partial charge in [-0.3, -0.25) is 4.79 Å². The molecule has 0 N–H and O–H groups in total. The van der Waals surface area contributed by atoms with Crippen molar-refractivity contribution >= 4 is 5.91 Å². The van der Waals surface area contributed by atoms with E-state index in [0.29, 0.717) is 25.9 Å². The standard InChI is InChI=1S/C17H28N2O2/c1-15(2)12-19(13-16(3,4)21-15)14(20)17(11-18)9-7-5-6-8-10-17/h5-10,12-13H2,1-4H3. The molecule has 0 spiro atoms. The number of nitrogens with zero attached hydrogens (tertiary/aromatic N) is 2. The maximum absolute atomic E-state index is 13.1. The first-order valence-electron chi connectivity index (χ1n) is 8.11. The van der Waals surface area contributed by atoms with E-state index in [9.17, 15) is 10.1 Å². The Labute approximate surface area is 128 Å². The van der Waals surface area contributed by atoms with Crippen molar-refractivity contribution in [1.82, 2.24) is 4.90 Å². The van der Waals surface area contributed by atoms with Gasteiger partial charge in [-0.2, -0.15) is 5.26 Å². The summed E-state index contributed by atoms with van der Waals surface area (Å²) in [5, 5.41) is 9.70. The van der Waals surface area contributed by atoms with Gasteiger partial charge in [-0.25, -0.2) is 0 Å². The van der Waals surface area contributed by atoms with Crippen LogP contribution < -0.4 is 0 Å². The van der Waals surface area contributed by atoms with Gasteiger partial charge >= 0.3 is 0 Å². The van der Waals surface area contributed by atoms with Gasteiger partial charge in [-0.05, 0) is 40.5 Å². The lowest BCUT2D eigenvalue weighted by atomic mass is 9.79. The molecule has 1 saturated carbocycles. The van der Waals surface area contributed by atoms with E-state index < -0.39 is 5.41 Å². The van der Waals surface area contributed by atoms with Gasteiger partial charge in [-0.15, -0.1) is 0 Å². The van der Waals surface area contributed by atoms with Crippen molar-refractivity contribution in [3.8, 4) is 6.07 Å². The SMILES string of the molecule is CC1(C)CN(C(=O)C2(C#N)CCCCCC2)CC(C)(C)O1. The predicted octanol–water partition coefficient (Wildman–Crippen LogP) is 3.27. The van der Waals surface area contributed by atoms with E-state index >= 15 is 0 Å². The Morgan fingerprint density at radius 1 is 1.00 bits per heavy atom. The van der Waals surface area contributed by atoms with Crippen LogP contribution in [0, 0.1) is 16.7 Å². The number of hydrogen-bond donors (Lipinski definition) is 0. The lowest BCUT2D eigenvalue weighted by Gasteiger charge is -2.48. The van der Waals surface area contributed by atoms with Gasteiger partial charge in [0.2, 0.25) is 5.91 Å². The third-order valence-electron chi connectivity index (χ3n) is 4.56. The fraction of sp³-hybridized carbons (Fsp3) is 0.882. The molecule has 0 aromatic carbocycles. The number of morpholine rings is 1. The Hall–Kier alpha value is -1.08. The van der Waals surface area contributed by atoms with E-state index in [4.69, 9.17) is 4.74 Å². The zero-order valence-electron chi connectivity index (χ0n) is 13.9. The maximum Gasteiger partial charge on any atom is 0.243 e. The molecular formula is C17H28N2O2. The molecule has 0 atom stereocenters. The molecule has 1 saturated heterocycles. The van der Waals surface area contributed by atoms with Crippen LogP contribution in [0.25, 0.3) is 0 Å². The number of carbonyl (C=O) groups excluding carboxylic acids is 1. The van der Waals surface area contributed by atoms with Crippen LogP contribution in [0.4, 0.5) is 0 Å². The Morgan fingerprint density at radius 3 is 1.90 bits per heavy atom. The minimum absolute atomic E-state index is 0.0244. The summed E-state index contributed by atoms with van der Waals surface area (Å²) >= 11 is 0. The van der Waals surface area contributed by atoms with Crippen LogP contribution in [-0.4, -0.2) is 35.1 Å². The summed E-state index contributed by atoms with van der Waals surface area (Å²) in [6.07, 6.45) is 5.65. The van der Waals surface area contributed by atoms with Crippen LogP contribution >= 0.6 is 0 Å². The quantitative estimate of drug-likeness (QED) is 0.697. The Bertz CT molecular complexity index is 424. The number of rotatable bonds is 1. The van der Waals surface area contributed by atoms with Gasteiger partial charge < -0.3 is 9.64 Å². The molecule has 2 rings (SSSR count). The van der Waals surface area contributed by atoms with E-state index in [-0.39, 0.29) is 17.1 Å². The molecule has 1 heterocycles. The summed E-state index contributed by atoms with van der Waals surface area (Å²) in [4.78, 5) is 15.0. The molecule has 4 nitrogen and oxygen atoms in total. The Morgan fingerprint density at radius 2 is 1.48 bits per heavy atom. The Kier molecular flexibility index (Phi) is 4.35. The van der Waals surface area contributed by atoms with Crippen molar-refractivity contribution in [1.29, 1.82) is 5.26 Å². The Balaban J connectivity index is 2.23. The van der Waals surface area contributed by atoms with Crippen LogP contribution in [0.5, 0.6) is 0 Å². The summed E-state index contributed by atoms with van der Waals surface area (Å²) in [5.41, 5.74) is -1.53. The second-order valence-corrected chi connectivity index (χ2v) is 7.89. The topological polar surface area (TPSA) is 53.3 Å². The van der Waals surface area contributed by atoms with Crippen molar-refractivity contribution in [3.05, 3.63) is 0 Å². The van der Waals surface area contributed by atoms with Crippen LogP contribution in [0.2, 0.25) is 0 Å². The highest BCUT2D eigenvalue weighted by molar-refractivity contribution is 5.85. The average molecular weight is 292 g/mol. The molecule has 0 aromatic heterocycles. The normalized spacial score (nSPS) is 27.5. The number of nitriles is 1. The first-order valence-corrected chi connectivity index (χ1v) is 8.11. The van der Waals surface area contributed by atoms with Crippen molar-refractivity contribution in [3.63, 3.8) is 0 Å². The second-order valence-electron chi connectivity index (χ2n) is 7.89. The molecule has 0 unspecified atom stereocenters. The van der Waals surface area contributed by atoms with E-state index in [1.807, 2.05) is 32.6 Å². The number of amides is 1. The lowest BCUT2D eigenvalue weighted by molar-refractivity contribution is -0.192.